The van der Waals surface area contributed by atoms with Gasteiger partial charge < -0.3 is 10.0 Å². The van der Waals surface area contributed by atoms with Crippen LogP contribution in [0.25, 0.3) is 10.2 Å². The number of nitrogens with zero attached hydrogens (tertiary/aromatic N) is 4. The summed E-state index contributed by atoms with van der Waals surface area (Å²) in [5.41, 5.74) is 0.607. The van der Waals surface area contributed by atoms with Crippen LogP contribution >= 0.6 is 11.3 Å². The van der Waals surface area contributed by atoms with Crippen molar-refractivity contribution in [3.63, 3.8) is 0 Å². The normalized spacial score (nSPS) is 20.4. The zero-order valence-electron chi connectivity index (χ0n) is 14.6. The van der Waals surface area contributed by atoms with E-state index in [1.807, 2.05) is 20.8 Å². The third-order valence-corrected chi connectivity index (χ3v) is 5.29. The average Bonchev–Trinajstić information content (AvgIpc) is 2.78. The van der Waals surface area contributed by atoms with Crippen LogP contribution in [0.4, 0.5) is 5.82 Å². The molecule has 0 aliphatic carbocycles. The van der Waals surface area contributed by atoms with E-state index in [-0.39, 0.29) is 0 Å². The van der Waals surface area contributed by atoms with Crippen LogP contribution < -0.4 is 4.90 Å². The minimum atomic E-state index is -0.648. The van der Waals surface area contributed by atoms with Gasteiger partial charge >= 0.3 is 0 Å². The second-order valence-electron chi connectivity index (χ2n) is 7.28. The van der Waals surface area contributed by atoms with E-state index in [2.05, 4.69) is 34.0 Å². The summed E-state index contributed by atoms with van der Waals surface area (Å²) < 4.78 is 0. The largest absolute Gasteiger partial charge is 0.389 e. The van der Waals surface area contributed by atoms with Crippen molar-refractivity contribution >= 4 is 27.4 Å². The highest BCUT2D eigenvalue weighted by molar-refractivity contribution is 7.17. The first-order valence-corrected chi connectivity index (χ1v) is 9.06. The number of piperazine rings is 1. The monoisotopic (exact) mass is 334 g/mol. The van der Waals surface area contributed by atoms with Crippen LogP contribution in [0.3, 0.4) is 0 Å². The molecule has 1 aliphatic rings. The van der Waals surface area contributed by atoms with E-state index in [0.717, 1.165) is 36.1 Å². The summed E-state index contributed by atoms with van der Waals surface area (Å²) in [7, 11) is 0. The van der Waals surface area contributed by atoms with E-state index in [4.69, 9.17) is 4.98 Å². The van der Waals surface area contributed by atoms with Gasteiger partial charge in [0.05, 0.1) is 11.0 Å². The van der Waals surface area contributed by atoms with Crippen LogP contribution in [-0.4, -0.2) is 57.8 Å². The highest BCUT2D eigenvalue weighted by Gasteiger charge is 2.29. The van der Waals surface area contributed by atoms with E-state index in [0.29, 0.717) is 12.6 Å². The number of hydrogen-bond donors (Lipinski definition) is 1. The molecule has 1 saturated heterocycles. The van der Waals surface area contributed by atoms with E-state index in [9.17, 15) is 5.11 Å². The first kappa shape index (κ1) is 16.6. The van der Waals surface area contributed by atoms with Crippen molar-refractivity contribution in [2.45, 2.75) is 46.3 Å². The lowest BCUT2D eigenvalue weighted by atomic mass is 10.1. The number of fused-ring (bicyclic) bond motifs is 1. The SMILES string of the molecule is Cc1nc(N2CCN(CC(C)(C)O)CC2C)c2c(C)csc2n1. The van der Waals surface area contributed by atoms with Gasteiger partial charge in [0.25, 0.3) is 0 Å². The third kappa shape index (κ3) is 3.49. The molecular weight excluding hydrogens is 308 g/mol. The van der Waals surface area contributed by atoms with Crippen molar-refractivity contribution in [3.8, 4) is 0 Å². The Bertz CT molecular complexity index is 706. The summed E-state index contributed by atoms with van der Waals surface area (Å²) in [4.78, 5) is 15.2. The van der Waals surface area contributed by atoms with Crippen LogP contribution in [0.15, 0.2) is 5.38 Å². The van der Waals surface area contributed by atoms with Gasteiger partial charge in [0.15, 0.2) is 0 Å². The Balaban J connectivity index is 1.88. The molecule has 126 valence electrons. The molecule has 6 heteroatoms. The third-order valence-electron chi connectivity index (χ3n) is 4.30. The molecule has 5 nitrogen and oxygen atoms in total. The summed E-state index contributed by atoms with van der Waals surface area (Å²) in [6, 6.07) is 0.364. The van der Waals surface area contributed by atoms with Gasteiger partial charge in [-0.15, -0.1) is 11.3 Å². The van der Waals surface area contributed by atoms with Crippen LogP contribution in [0.5, 0.6) is 0 Å². The average molecular weight is 334 g/mol. The van der Waals surface area contributed by atoms with Crippen molar-refractivity contribution in [3.05, 3.63) is 16.8 Å². The molecule has 2 aromatic heterocycles. The first-order valence-electron chi connectivity index (χ1n) is 8.18. The van der Waals surface area contributed by atoms with Crippen molar-refractivity contribution in [1.82, 2.24) is 14.9 Å². The van der Waals surface area contributed by atoms with Gasteiger partial charge in [-0.3, -0.25) is 4.90 Å². The second-order valence-corrected chi connectivity index (χ2v) is 8.14. The maximum atomic E-state index is 10.1. The number of rotatable bonds is 3. The Morgan fingerprint density at radius 1 is 1.30 bits per heavy atom. The first-order chi connectivity index (χ1) is 10.7. The van der Waals surface area contributed by atoms with E-state index in [1.165, 1.54) is 10.9 Å². The van der Waals surface area contributed by atoms with Crippen molar-refractivity contribution in [2.24, 2.45) is 0 Å². The van der Waals surface area contributed by atoms with E-state index >= 15 is 0 Å². The van der Waals surface area contributed by atoms with Crippen molar-refractivity contribution in [2.75, 3.05) is 31.1 Å². The Kier molecular flexibility index (Phi) is 4.33. The lowest BCUT2D eigenvalue weighted by molar-refractivity contribution is 0.0307. The standard InChI is InChI=1S/C17H26N4OS/c1-11-9-23-16-14(11)15(18-13(3)19-16)21-7-6-20(8-12(21)2)10-17(4,5)22/h9,12,22H,6-8,10H2,1-5H3. The van der Waals surface area contributed by atoms with Crippen LogP contribution in [0, 0.1) is 13.8 Å². The number of anilines is 1. The molecule has 0 spiro atoms. The summed E-state index contributed by atoms with van der Waals surface area (Å²) in [6.07, 6.45) is 0. The molecule has 23 heavy (non-hydrogen) atoms. The molecular formula is C17H26N4OS. The Morgan fingerprint density at radius 3 is 2.70 bits per heavy atom. The maximum Gasteiger partial charge on any atom is 0.141 e. The Morgan fingerprint density at radius 2 is 2.04 bits per heavy atom. The zero-order valence-corrected chi connectivity index (χ0v) is 15.4. The summed E-state index contributed by atoms with van der Waals surface area (Å²) in [5.74, 6) is 1.90. The molecule has 1 atom stereocenters. The second kappa shape index (κ2) is 6.00. The molecule has 1 N–H and O–H groups in total. The van der Waals surface area contributed by atoms with Gasteiger partial charge in [-0.05, 0) is 45.6 Å². The molecule has 0 amide bonds. The number of aromatic nitrogens is 2. The zero-order chi connectivity index (χ0) is 16.8. The number of β-amino-alcohol motifs (C(OH)–C–C–N with tert-alkyl or cyclic N) is 1. The molecule has 1 fully saturated rings. The fourth-order valence-corrected chi connectivity index (χ4v) is 4.37. The predicted octanol–water partition coefficient (Wildman–Crippen LogP) is 2.59. The minimum absolute atomic E-state index is 0.364. The molecule has 3 heterocycles. The van der Waals surface area contributed by atoms with Crippen molar-refractivity contribution in [1.29, 1.82) is 0 Å². The molecule has 3 rings (SSSR count). The summed E-state index contributed by atoms with van der Waals surface area (Å²) in [6.45, 7) is 13.6. The summed E-state index contributed by atoms with van der Waals surface area (Å²) >= 11 is 1.69. The lowest BCUT2D eigenvalue weighted by Crippen LogP contribution is -2.55. The number of aryl methyl sites for hydroxylation is 2. The Hall–Kier alpha value is -1.24. The Labute approximate surface area is 142 Å². The van der Waals surface area contributed by atoms with Crippen LogP contribution in [-0.2, 0) is 0 Å². The number of hydrogen-bond acceptors (Lipinski definition) is 6. The maximum absolute atomic E-state index is 10.1. The fraction of sp³-hybridized carbons (Fsp3) is 0.647. The minimum Gasteiger partial charge on any atom is -0.389 e. The summed E-state index contributed by atoms with van der Waals surface area (Å²) in [5, 5.41) is 13.4. The molecule has 0 bridgehead atoms. The van der Waals surface area contributed by atoms with Gasteiger partial charge in [0.1, 0.15) is 16.5 Å². The van der Waals surface area contributed by atoms with E-state index < -0.39 is 5.60 Å². The molecule has 2 aromatic rings. The smallest absolute Gasteiger partial charge is 0.141 e. The number of thiophene rings is 1. The predicted molar refractivity (Wildman–Crippen MR) is 96.4 cm³/mol. The fourth-order valence-electron chi connectivity index (χ4n) is 3.41. The van der Waals surface area contributed by atoms with Gasteiger partial charge in [-0.25, -0.2) is 9.97 Å². The highest BCUT2D eigenvalue weighted by atomic mass is 32.1. The van der Waals surface area contributed by atoms with Gasteiger partial charge in [0.2, 0.25) is 0 Å². The topological polar surface area (TPSA) is 52.5 Å². The molecule has 1 unspecified atom stereocenters. The lowest BCUT2D eigenvalue weighted by Gasteiger charge is -2.42. The van der Waals surface area contributed by atoms with Gasteiger partial charge in [0, 0.05) is 32.2 Å². The van der Waals surface area contributed by atoms with Gasteiger partial charge in [-0.2, -0.15) is 0 Å². The molecule has 1 aliphatic heterocycles. The highest BCUT2D eigenvalue weighted by Crippen LogP contribution is 2.33. The molecule has 0 aromatic carbocycles. The molecule has 0 radical (unpaired) electrons. The van der Waals surface area contributed by atoms with E-state index in [1.54, 1.807) is 11.3 Å². The quantitative estimate of drug-likeness (QED) is 0.935. The van der Waals surface area contributed by atoms with Crippen LogP contribution in [0.1, 0.15) is 32.2 Å². The number of aliphatic hydroxyl groups is 1. The van der Waals surface area contributed by atoms with Crippen LogP contribution in [0.2, 0.25) is 0 Å². The van der Waals surface area contributed by atoms with Crippen molar-refractivity contribution < 1.29 is 5.11 Å². The molecule has 0 saturated carbocycles. The van der Waals surface area contributed by atoms with Gasteiger partial charge in [-0.1, -0.05) is 0 Å².